The zero-order chi connectivity index (χ0) is 13.1. The Morgan fingerprint density at radius 3 is 2.89 bits per heavy atom. The summed E-state index contributed by atoms with van der Waals surface area (Å²) in [6.45, 7) is 2.46. The predicted molar refractivity (Wildman–Crippen MR) is 70.1 cm³/mol. The van der Waals surface area contributed by atoms with E-state index >= 15 is 0 Å². The first kappa shape index (κ1) is 12.7. The molecule has 0 aliphatic heterocycles. The number of thiophene rings is 1. The molecule has 0 unspecified atom stereocenters. The molecule has 0 saturated carbocycles. The highest BCUT2D eigenvalue weighted by atomic mass is 35.5. The van der Waals surface area contributed by atoms with E-state index in [1.165, 1.54) is 11.2 Å². The molecule has 0 amide bonds. The Bertz CT molecular complexity index is 587. The maximum atomic E-state index is 10.9. The number of anilines is 1. The highest BCUT2D eigenvalue weighted by Gasteiger charge is 2.21. The molecule has 8 heteroatoms. The van der Waals surface area contributed by atoms with Crippen molar-refractivity contribution in [1.29, 1.82) is 0 Å². The molecule has 2 aromatic rings. The second kappa shape index (κ2) is 5.28. The van der Waals surface area contributed by atoms with Crippen LogP contribution in [-0.4, -0.2) is 14.9 Å². The minimum atomic E-state index is -0.593. The van der Waals surface area contributed by atoms with Crippen molar-refractivity contribution in [3.05, 3.63) is 43.5 Å². The summed E-state index contributed by atoms with van der Waals surface area (Å²) in [5.74, 6) is 0.131. The Morgan fingerprint density at radius 2 is 2.28 bits per heavy atom. The number of nitro groups is 1. The van der Waals surface area contributed by atoms with Crippen molar-refractivity contribution in [2.24, 2.45) is 0 Å². The fourth-order valence-electron chi connectivity index (χ4n) is 1.40. The average Bonchev–Trinajstić information content (AvgIpc) is 2.72. The molecule has 0 aliphatic rings. The van der Waals surface area contributed by atoms with E-state index in [-0.39, 0.29) is 16.7 Å². The van der Waals surface area contributed by atoms with Gasteiger partial charge < -0.3 is 5.32 Å². The van der Waals surface area contributed by atoms with Crippen LogP contribution in [0.15, 0.2) is 18.5 Å². The number of halogens is 1. The minimum Gasteiger partial charge on any atom is -0.359 e. The van der Waals surface area contributed by atoms with Gasteiger partial charge in [0.1, 0.15) is 6.33 Å². The molecule has 6 nitrogen and oxygen atoms in total. The van der Waals surface area contributed by atoms with Crippen LogP contribution in [0, 0.1) is 17.0 Å². The molecule has 0 aliphatic carbocycles. The highest BCUT2D eigenvalue weighted by molar-refractivity contribution is 7.11. The molecule has 2 rings (SSSR count). The fraction of sp³-hybridized carbons (Fsp3) is 0.200. The molecule has 0 bridgehead atoms. The molecule has 0 aromatic carbocycles. The number of hydrogen-bond acceptors (Lipinski definition) is 6. The number of rotatable bonds is 4. The van der Waals surface area contributed by atoms with Crippen LogP contribution in [-0.2, 0) is 6.54 Å². The lowest BCUT2D eigenvalue weighted by Crippen LogP contribution is -2.05. The first-order valence-electron chi connectivity index (χ1n) is 5.02. The Hall–Kier alpha value is -1.73. The van der Waals surface area contributed by atoms with Gasteiger partial charge in [-0.05, 0) is 19.1 Å². The summed E-state index contributed by atoms with van der Waals surface area (Å²) in [7, 11) is 0. The third-order valence-electron chi connectivity index (χ3n) is 2.19. The van der Waals surface area contributed by atoms with Gasteiger partial charge in [-0.15, -0.1) is 11.3 Å². The van der Waals surface area contributed by atoms with Crippen molar-refractivity contribution in [3.8, 4) is 0 Å². The summed E-state index contributed by atoms with van der Waals surface area (Å²) < 4.78 is 0. The van der Waals surface area contributed by atoms with Crippen LogP contribution in [0.25, 0.3) is 0 Å². The number of aryl methyl sites for hydroxylation is 1. The van der Waals surface area contributed by atoms with Crippen LogP contribution < -0.4 is 5.32 Å². The summed E-state index contributed by atoms with van der Waals surface area (Å²) in [6, 6.07) is 3.95. The Morgan fingerprint density at radius 1 is 1.50 bits per heavy atom. The molecule has 0 saturated heterocycles. The fourth-order valence-corrected chi connectivity index (χ4v) is 2.43. The first-order chi connectivity index (χ1) is 8.58. The standard InChI is InChI=1S/C10H9ClN4O2S/c1-6-2-3-7(18-6)4-12-10-8(15(16)17)9(11)13-5-14-10/h2-3,5H,4H2,1H3,(H,12,13,14). The Balaban J connectivity index is 2.19. The van der Waals surface area contributed by atoms with Gasteiger partial charge in [-0.2, -0.15) is 0 Å². The number of nitrogens with one attached hydrogen (secondary N) is 1. The molecule has 0 fully saturated rings. The van der Waals surface area contributed by atoms with Crippen molar-refractivity contribution in [2.75, 3.05) is 5.32 Å². The summed E-state index contributed by atoms with van der Waals surface area (Å²) in [6.07, 6.45) is 1.19. The van der Waals surface area contributed by atoms with Gasteiger partial charge in [-0.1, -0.05) is 11.6 Å². The van der Waals surface area contributed by atoms with Crippen molar-refractivity contribution in [1.82, 2.24) is 9.97 Å². The quantitative estimate of drug-likeness (QED) is 0.530. The van der Waals surface area contributed by atoms with Gasteiger partial charge in [0.2, 0.25) is 11.0 Å². The van der Waals surface area contributed by atoms with Crippen LogP contribution in [0.4, 0.5) is 11.5 Å². The van der Waals surface area contributed by atoms with Gasteiger partial charge in [0, 0.05) is 9.75 Å². The minimum absolute atomic E-state index is 0.131. The van der Waals surface area contributed by atoms with Crippen LogP contribution in [0.1, 0.15) is 9.75 Å². The smallest absolute Gasteiger partial charge is 0.348 e. The van der Waals surface area contributed by atoms with E-state index in [9.17, 15) is 10.1 Å². The summed E-state index contributed by atoms with van der Waals surface area (Å²) >= 11 is 7.30. The van der Waals surface area contributed by atoms with E-state index in [0.717, 1.165) is 4.88 Å². The molecule has 0 spiro atoms. The largest absolute Gasteiger partial charge is 0.359 e. The molecule has 2 aromatic heterocycles. The van der Waals surface area contributed by atoms with Gasteiger partial charge in [0.15, 0.2) is 0 Å². The zero-order valence-corrected chi connectivity index (χ0v) is 11.0. The van der Waals surface area contributed by atoms with E-state index in [4.69, 9.17) is 11.6 Å². The second-order valence-electron chi connectivity index (χ2n) is 3.48. The van der Waals surface area contributed by atoms with E-state index in [1.807, 2.05) is 19.1 Å². The van der Waals surface area contributed by atoms with Crippen molar-refractivity contribution in [3.63, 3.8) is 0 Å². The van der Waals surface area contributed by atoms with E-state index in [1.54, 1.807) is 11.3 Å². The molecule has 18 heavy (non-hydrogen) atoms. The lowest BCUT2D eigenvalue weighted by atomic mass is 10.4. The lowest BCUT2D eigenvalue weighted by molar-refractivity contribution is -0.384. The molecule has 94 valence electrons. The summed E-state index contributed by atoms with van der Waals surface area (Å²) in [5, 5.41) is 13.6. The monoisotopic (exact) mass is 284 g/mol. The number of aromatic nitrogens is 2. The van der Waals surface area contributed by atoms with Crippen LogP contribution >= 0.6 is 22.9 Å². The van der Waals surface area contributed by atoms with E-state index in [0.29, 0.717) is 6.54 Å². The number of nitrogens with zero attached hydrogens (tertiary/aromatic N) is 3. The van der Waals surface area contributed by atoms with Gasteiger partial charge in [-0.3, -0.25) is 10.1 Å². The first-order valence-corrected chi connectivity index (χ1v) is 6.21. The topological polar surface area (TPSA) is 81.0 Å². The normalized spacial score (nSPS) is 10.3. The molecule has 0 radical (unpaired) electrons. The lowest BCUT2D eigenvalue weighted by Gasteiger charge is -2.04. The highest BCUT2D eigenvalue weighted by Crippen LogP contribution is 2.29. The van der Waals surface area contributed by atoms with Crippen molar-refractivity contribution >= 4 is 34.4 Å². The van der Waals surface area contributed by atoms with Crippen LogP contribution in [0.5, 0.6) is 0 Å². The van der Waals surface area contributed by atoms with Gasteiger partial charge in [0.05, 0.1) is 11.5 Å². The molecule has 1 N–H and O–H groups in total. The maximum absolute atomic E-state index is 10.9. The molecule has 2 heterocycles. The summed E-state index contributed by atoms with van der Waals surface area (Å²) in [5.41, 5.74) is -0.299. The third kappa shape index (κ3) is 2.74. The molecular formula is C10H9ClN4O2S. The van der Waals surface area contributed by atoms with Crippen molar-refractivity contribution in [2.45, 2.75) is 13.5 Å². The zero-order valence-electron chi connectivity index (χ0n) is 9.38. The SMILES string of the molecule is Cc1ccc(CNc2ncnc(Cl)c2[N+](=O)[O-])s1. The predicted octanol–water partition coefficient (Wildman–Crippen LogP) is 3.02. The van der Waals surface area contributed by atoms with E-state index < -0.39 is 4.92 Å². The Labute approximate surface area is 112 Å². The summed E-state index contributed by atoms with van der Waals surface area (Å²) in [4.78, 5) is 20.0. The average molecular weight is 285 g/mol. The van der Waals surface area contributed by atoms with Gasteiger partial charge >= 0.3 is 5.69 Å². The molecule has 0 atom stereocenters. The number of hydrogen-bond donors (Lipinski definition) is 1. The second-order valence-corrected chi connectivity index (χ2v) is 5.22. The van der Waals surface area contributed by atoms with Crippen LogP contribution in [0.3, 0.4) is 0 Å². The van der Waals surface area contributed by atoms with E-state index in [2.05, 4.69) is 15.3 Å². The maximum Gasteiger partial charge on any atom is 0.348 e. The van der Waals surface area contributed by atoms with Crippen molar-refractivity contribution < 1.29 is 4.92 Å². The Kier molecular flexibility index (Phi) is 3.73. The third-order valence-corrected chi connectivity index (χ3v) is 3.46. The van der Waals surface area contributed by atoms with Gasteiger partial charge in [-0.25, -0.2) is 9.97 Å². The van der Waals surface area contributed by atoms with Gasteiger partial charge in [0.25, 0.3) is 0 Å². The van der Waals surface area contributed by atoms with Crippen LogP contribution in [0.2, 0.25) is 5.15 Å². The molecular weight excluding hydrogens is 276 g/mol.